The number of carbonyl (C=O) groups excluding carboxylic acids is 4. The van der Waals surface area contributed by atoms with Crippen LogP contribution in [-0.4, -0.2) is 73.0 Å². The zero-order chi connectivity index (χ0) is 35.8. The van der Waals surface area contributed by atoms with Crippen molar-refractivity contribution in [1.29, 1.82) is 0 Å². The van der Waals surface area contributed by atoms with E-state index in [1.165, 1.54) is 0 Å². The lowest BCUT2D eigenvalue weighted by Crippen LogP contribution is -2.59. The van der Waals surface area contributed by atoms with Gasteiger partial charge in [-0.1, -0.05) is 55.4 Å². The van der Waals surface area contributed by atoms with Crippen molar-refractivity contribution in [2.45, 2.75) is 125 Å². The molecule has 0 N–H and O–H groups in total. The molecule has 4 heterocycles. The standard InChI is InChI=1S/C37H53FN4O6/c1-11-28-37(10)30(42(33(46)48-37)18-13-12-17-41-21-27(40-22-41)26-15-14-16-39-20-26)24(3)29(43)23(2)19-34(5,6)35(7,8)25(4)31(44)36(9,38)32(45)47-28/h14-16,20-25,28,30H,11-13,17-19H2,1-10H3/t23-,24+,25+,28-,30-,36+,37-/m1/s1. The summed E-state index contributed by atoms with van der Waals surface area (Å²) < 4.78 is 30.0. The van der Waals surface area contributed by atoms with Crippen LogP contribution in [0.5, 0.6) is 0 Å². The van der Waals surface area contributed by atoms with Gasteiger partial charge in [-0.3, -0.25) is 14.6 Å². The highest BCUT2D eigenvalue weighted by molar-refractivity contribution is 6.08. The Morgan fingerprint density at radius 1 is 1.00 bits per heavy atom. The van der Waals surface area contributed by atoms with E-state index < -0.39 is 69.8 Å². The third kappa shape index (κ3) is 6.79. The number of esters is 1. The molecule has 2 saturated heterocycles. The second-order valence-corrected chi connectivity index (χ2v) is 15.4. The van der Waals surface area contributed by atoms with E-state index in [1.807, 2.05) is 57.5 Å². The van der Waals surface area contributed by atoms with Crippen LogP contribution in [0, 0.1) is 28.6 Å². The zero-order valence-electron chi connectivity index (χ0n) is 30.2. The number of imidazole rings is 1. The Kier molecular flexibility index (Phi) is 10.6. The number of aryl methyl sites for hydroxylation is 1. The van der Waals surface area contributed by atoms with Crippen LogP contribution in [0.15, 0.2) is 37.1 Å². The third-order valence-electron chi connectivity index (χ3n) is 11.7. The van der Waals surface area contributed by atoms with E-state index in [-0.39, 0.29) is 12.2 Å². The van der Waals surface area contributed by atoms with Crippen LogP contribution in [0.4, 0.5) is 9.18 Å². The molecule has 264 valence electrons. The van der Waals surface area contributed by atoms with E-state index >= 15 is 4.39 Å². The van der Waals surface area contributed by atoms with Crippen molar-refractivity contribution < 1.29 is 33.0 Å². The summed E-state index contributed by atoms with van der Waals surface area (Å²) in [5, 5.41) is 0. The molecule has 0 radical (unpaired) electrons. The number of amides is 1. The average molecular weight is 669 g/mol. The van der Waals surface area contributed by atoms with Crippen molar-refractivity contribution in [1.82, 2.24) is 19.4 Å². The fourth-order valence-corrected chi connectivity index (χ4v) is 7.71. The molecule has 0 spiro atoms. The van der Waals surface area contributed by atoms with Gasteiger partial charge in [-0.25, -0.2) is 19.0 Å². The molecule has 2 aromatic heterocycles. The maximum Gasteiger partial charge on any atom is 0.410 e. The van der Waals surface area contributed by atoms with Gasteiger partial charge in [0.05, 0.1) is 18.1 Å². The van der Waals surface area contributed by atoms with E-state index in [0.29, 0.717) is 32.4 Å². The Balaban J connectivity index is 1.63. The van der Waals surface area contributed by atoms with Crippen molar-refractivity contribution in [2.24, 2.45) is 28.6 Å². The Bertz CT molecular complexity index is 1500. The SMILES string of the molecule is CC[C@H]1OC(=O)[C@@](C)(F)C(=O)[C@H](C)C(C)(C)C(C)(C)C[C@@H](C)C(=O)[C@H](C)[C@H]2N(CCCCn3cnc(-c4cccnc4)c3)C(=O)O[C@]12C. The number of unbranched alkanes of at least 4 members (excludes halogenated alkanes) is 1. The van der Waals surface area contributed by atoms with Crippen LogP contribution in [0.25, 0.3) is 11.3 Å². The molecule has 2 aromatic rings. The van der Waals surface area contributed by atoms with Gasteiger partial charge in [-0.15, -0.1) is 0 Å². The number of hydrogen-bond acceptors (Lipinski definition) is 8. The van der Waals surface area contributed by atoms with Gasteiger partial charge < -0.3 is 18.9 Å². The number of halogens is 1. The second kappa shape index (κ2) is 13.7. The lowest BCUT2D eigenvalue weighted by molar-refractivity contribution is -0.181. The van der Waals surface area contributed by atoms with Crippen LogP contribution >= 0.6 is 0 Å². The number of pyridine rings is 1. The molecule has 4 rings (SSSR count). The number of rotatable bonds is 7. The van der Waals surface area contributed by atoms with Crippen LogP contribution in [0.3, 0.4) is 0 Å². The Morgan fingerprint density at radius 2 is 1.67 bits per heavy atom. The van der Waals surface area contributed by atoms with Gasteiger partial charge in [0.25, 0.3) is 5.67 Å². The summed E-state index contributed by atoms with van der Waals surface area (Å²) >= 11 is 0. The van der Waals surface area contributed by atoms with Gasteiger partial charge in [0.1, 0.15) is 11.9 Å². The highest BCUT2D eigenvalue weighted by atomic mass is 19.1. The van der Waals surface area contributed by atoms with Crippen molar-refractivity contribution in [2.75, 3.05) is 6.54 Å². The number of ketones is 2. The van der Waals surface area contributed by atoms with Crippen LogP contribution < -0.4 is 0 Å². The number of carbonyl (C=O) groups is 4. The van der Waals surface area contributed by atoms with Crippen molar-refractivity contribution in [3.8, 4) is 11.3 Å². The fraction of sp³-hybridized carbons (Fsp3) is 0.676. The second-order valence-electron chi connectivity index (χ2n) is 15.4. The molecular formula is C37H53FN4O6. The summed E-state index contributed by atoms with van der Waals surface area (Å²) in [4.78, 5) is 65.2. The highest BCUT2D eigenvalue weighted by Crippen LogP contribution is 2.51. The van der Waals surface area contributed by atoms with E-state index in [2.05, 4.69) is 9.97 Å². The summed E-state index contributed by atoms with van der Waals surface area (Å²) in [5.41, 5.74) is -4.02. The molecule has 0 bridgehead atoms. The summed E-state index contributed by atoms with van der Waals surface area (Å²) in [6.45, 7) is 18.3. The first-order chi connectivity index (χ1) is 22.3. The van der Waals surface area contributed by atoms with Crippen molar-refractivity contribution in [3.05, 3.63) is 37.1 Å². The molecule has 2 aliphatic rings. The summed E-state index contributed by atoms with van der Waals surface area (Å²) in [6, 6.07) is 3.01. The van der Waals surface area contributed by atoms with Gasteiger partial charge in [0, 0.05) is 55.0 Å². The monoisotopic (exact) mass is 668 g/mol. The van der Waals surface area contributed by atoms with Gasteiger partial charge in [0.15, 0.2) is 11.4 Å². The Hall–Kier alpha value is -3.63. The molecule has 10 nitrogen and oxygen atoms in total. The zero-order valence-corrected chi connectivity index (χ0v) is 30.2. The minimum absolute atomic E-state index is 0.0488. The molecule has 0 aromatic carbocycles. The summed E-state index contributed by atoms with van der Waals surface area (Å²) in [5.74, 6) is -4.21. The van der Waals surface area contributed by atoms with Gasteiger partial charge in [0.2, 0.25) is 0 Å². The number of aromatic nitrogens is 3. The smallest absolute Gasteiger partial charge is 0.410 e. The molecule has 0 aliphatic carbocycles. The largest absolute Gasteiger partial charge is 0.455 e. The van der Waals surface area contributed by atoms with Crippen LogP contribution in [0.1, 0.15) is 94.9 Å². The van der Waals surface area contributed by atoms with Gasteiger partial charge in [-0.2, -0.15) is 0 Å². The predicted molar refractivity (Wildman–Crippen MR) is 179 cm³/mol. The molecule has 2 fully saturated rings. The number of nitrogens with zero attached hydrogens (tertiary/aromatic N) is 4. The number of hydrogen-bond donors (Lipinski definition) is 0. The van der Waals surface area contributed by atoms with E-state index in [1.54, 1.807) is 51.3 Å². The first-order valence-corrected chi connectivity index (χ1v) is 17.2. The average Bonchev–Trinajstić information content (AvgIpc) is 3.61. The lowest BCUT2D eigenvalue weighted by Gasteiger charge is -2.48. The maximum atomic E-state index is 16.3. The quantitative estimate of drug-likeness (QED) is 0.178. The molecule has 48 heavy (non-hydrogen) atoms. The molecule has 7 atom stereocenters. The molecule has 1 amide bonds. The predicted octanol–water partition coefficient (Wildman–Crippen LogP) is 6.86. The molecule has 11 heteroatoms. The summed E-state index contributed by atoms with van der Waals surface area (Å²) in [7, 11) is 0. The van der Waals surface area contributed by atoms with Crippen molar-refractivity contribution >= 4 is 23.6 Å². The normalized spacial score (nSPS) is 32.7. The fourth-order valence-electron chi connectivity index (χ4n) is 7.71. The number of alkyl halides is 1. The molecule has 2 aliphatic heterocycles. The third-order valence-corrected chi connectivity index (χ3v) is 11.7. The van der Waals surface area contributed by atoms with Crippen LogP contribution in [0.2, 0.25) is 0 Å². The Morgan fingerprint density at radius 3 is 2.29 bits per heavy atom. The highest BCUT2D eigenvalue weighted by Gasteiger charge is 2.61. The minimum atomic E-state index is -2.92. The maximum absolute atomic E-state index is 16.3. The van der Waals surface area contributed by atoms with Crippen LogP contribution in [-0.2, 0) is 30.4 Å². The molecule has 0 saturated carbocycles. The van der Waals surface area contributed by atoms with Gasteiger partial charge in [-0.05, 0) is 62.5 Å². The van der Waals surface area contributed by atoms with Crippen molar-refractivity contribution in [3.63, 3.8) is 0 Å². The molecule has 0 unspecified atom stereocenters. The Labute approximate surface area is 284 Å². The number of ether oxygens (including phenoxy) is 2. The number of cyclic esters (lactones) is 1. The first kappa shape index (κ1) is 37.2. The first-order valence-electron chi connectivity index (χ1n) is 17.2. The molecular weight excluding hydrogens is 615 g/mol. The lowest BCUT2D eigenvalue weighted by atomic mass is 9.56. The summed E-state index contributed by atoms with van der Waals surface area (Å²) in [6.07, 6.45) is 7.37. The minimum Gasteiger partial charge on any atom is -0.455 e. The van der Waals surface area contributed by atoms with E-state index in [4.69, 9.17) is 9.47 Å². The number of fused-ring (bicyclic) bond motifs is 1. The number of Topliss-reactive ketones (excluding diaryl/α,β-unsaturated/α-hetero) is 2. The van der Waals surface area contributed by atoms with Gasteiger partial charge >= 0.3 is 12.1 Å². The van der Waals surface area contributed by atoms with E-state index in [9.17, 15) is 19.2 Å². The van der Waals surface area contributed by atoms with E-state index in [0.717, 1.165) is 18.2 Å². The topological polar surface area (TPSA) is 121 Å².